The van der Waals surface area contributed by atoms with Gasteiger partial charge in [0.1, 0.15) is 11.4 Å². The smallest absolute Gasteiger partial charge is 0.211 e. The van der Waals surface area contributed by atoms with Crippen molar-refractivity contribution >= 4 is 23.2 Å². The predicted molar refractivity (Wildman–Crippen MR) is 112 cm³/mol. The second kappa shape index (κ2) is 7.70. The monoisotopic (exact) mass is 389 g/mol. The summed E-state index contributed by atoms with van der Waals surface area (Å²) in [6.45, 7) is 4.10. The molecule has 0 radical (unpaired) electrons. The second-order valence-corrected chi connectivity index (χ2v) is 7.27. The molecule has 2 aromatic heterocycles. The summed E-state index contributed by atoms with van der Waals surface area (Å²) in [5.41, 5.74) is 4.88. The van der Waals surface area contributed by atoms with E-state index in [1.54, 1.807) is 41.4 Å². The summed E-state index contributed by atoms with van der Waals surface area (Å²) in [6, 6.07) is 16.8. The molecule has 5 nitrogen and oxygen atoms in total. The lowest BCUT2D eigenvalue weighted by molar-refractivity contribution is 0.475. The minimum absolute atomic E-state index is 0.224. The number of phenolic OH excluding ortho intramolecular Hbond substituents is 1. The number of benzene rings is 2. The Morgan fingerprint density at radius 3 is 2.64 bits per heavy atom. The average molecular weight is 389 g/mol. The van der Waals surface area contributed by atoms with Crippen LogP contribution in [0.25, 0.3) is 11.5 Å². The normalized spacial score (nSPS) is 12.1. The molecule has 0 unspecified atom stereocenters. The molecule has 0 spiro atoms. The maximum Gasteiger partial charge on any atom is 0.211 e. The van der Waals surface area contributed by atoms with Gasteiger partial charge < -0.3 is 9.52 Å². The molecule has 0 aliphatic heterocycles. The first kappa shape index (κ1) is 18.0. The predicted octanol–water partition coefficient (Wildman–Crippen LogP) is 5.25. The van der Waals surface area contributed by atoms with Crippen LogP contribution in [-0.4, -0.2) is 16.0 Å². The Morgan fingerprint density at radius 2 is 1.89 bits per heavy atom. The molecule has 0 amide bonds. The highest BCUT2D eigenvalue weighted by Gasteiger charge is 2.10. The lowest BCUT2D eigenvalue weighted by atomic mass is 10.1. The number of aromatic nitrogens is 1. The number of phenols is 1. The topological polar surface area (TPSA) is 63.0 Å². The Morgan fingerprint density at radius 1 is 1.07 bits per heavy atom. The Hall–Kier alpha value is -3.38. The molecule has 0 saturated carbocycles. The van der Waals surface area contributed by atoms with E-state index in [1.165, 1.54) is 11.3 Å². The van der Waals surface area contributed by atoms with Gasteiger partial charge in [-0.1, -0.05) is 12.1 Å². The van der Waals surface area contributed by atoms with Crippen LogP contribution < -0.4 is 4.80 Å². The van der Waals surface area contributed by atoms with Crippen LogP contribution in [0.2, 0.25) is 0 Å². The van der Waals surface area contributed by atoms with Crippen LogP contribution in [0.1, 0.15) is 16.7 Å². The minimum atomic E-state index is 0.224. The van der Waals surface area contributed by atoms with E-state index in [0.717, 1.165) is 38.6 Å². The highest BCUT2D eigenvalue weighted by molar-refractivity contribution is 7.07. The van der Waals surface area contributed by atoms with E-state index in [4.69, 9.17) is 9.41 Å². The maximum atomic E-state index is 9.46. The van der Waals surface area contributed by atoms with Crippen molar-refractivity contribution < 1.29 is 9.52 Å². The van der Waals surface area contributed by atoms with E-state index in [1.807, 2.05) is 24.4 Å². The van der Waals surface area contributed by atoms with E-state index in [0.29, 0.717) is 0 Å². The zero-order chi connectivity index (χ0) is 19.5. The molecule has 4 rings (SSSR count). The van der Waals surface area contributed by atoms with Gasteiger partial charge in [0, 0.05) is 5.38 Å². The van der Waals surface area contributed by atoms with E-state index in [9.17, 15) is 5.11 Å². The molecule has 0 saturated heterocycles. The fourth-order valence-electron chi connectivity index (χ4n) is 2.71. The molecule has 4 aromatic rings. The molecule has 0 bridgehead atoms. The van der Waals surface area contributed by atoms with Gasteiger partial charge in [0.25, 0.3) is 0 Å². The lowest BCUT2D eigenvalue weighted by Crippen LogP contribution is -2.11. The number of hydrogen-bond acceptors (Lipinski definition) is 5. The molecule has 0 fully saturated rings. The van der Waals surface area contributed by atoms with E-state index in [-0.39, 0.29) is 5.75 Å². The second-order valence-electron chi connectivity index (χ2n) is 6.43. The van der Waals surface area contributed by atoms with Crippen LogP contribution >= 0.6 is 11.3 Å². The first-order chi connectivity index (χ1) is 13.6. The summed E-state index contributed by atoms with van der Waals surface area (Å²) in [5, 5.41) is 16.1. The number of aryl methyl sites for hydroxylation is 2. The van der Waals surface area contributed by atoms with Crippen molar-refractivity contribution in [1.82, 2.24) is 4.68 Å². The van der Waals surface area contributed by atoms with Crippen LogP contribution in [0.15, 0.2) is 80.8 Å². The third-order valence-electron chi connectivity index (χ3n) is 4.26. The third-order valence-corrected chi connectivity index (χ3v) is 5.07. The molecule has 1 N–H and O–H groups in total. The molecular weight excluding hydrogens is 370 g/mol. The largest absolute Gasteiger partial charge is 0.508 e. The number of rotatable bonds is 4. The average Bonchev–Trinajstić information content (AvgIpc) is 3.34. The Bertz CT molecular complexity index is 1180. The molecule has 2 aromatic carbocycles. The van der Waals surface area contributed by atoms with Crippen LogP contribution in [-0.2, 0) is 0 Å². The van der Waals surface area contributed by atoms with Gasteiger partial charge in [0.15, 0.2) is 5.76 Å². The number of aromatic hydroxyl groups is 1. The van der Waals surface area contributed by atoms with Crippen molar-refractivity contribution in [3.8, 4) is 17.2 Å². The summed E-state index contributed by atoms with van der Waals surface area (Å²) in [4.78, 5) is 5.59. The van der Waals surface area contributed by atoms with Crippen molar-refractivity contribution in [3.63, 3.8) is 0 Å². The molecular formula is C22H19N3O2S. The van der Waals surface area contributed by atoms with Crippen LogP contribution in [0.5, 0.6) is 5.75 Å². The lowest BCUT2D eigenvalue weighted by Gasteiger charge is -2.03. The molecule has 6 heteroatoms. The SMILES string of the molecule is Cc1ccc(C)c(N=c2scc(-c3ccco3)n2N=Cc2ccc(O)cc2)c1. The van der Waals surface area contributed by atoms with Gasteiger partial charge >= 0.3 is 0 Å². The zero-order valence-electron chi connectivity index (χ0n) is 15.5. The van der Waals surface area contributed by atoms with Gasteiger partial charge in [-0.05, 0) is 73.0 Å². The van der Waals surface area contributed by atoms with Gasteiger partial charge in [-0.15, -0.1) is 11.3 Å². The van der Waals surface area contributed by atoms with Gasteiger partial charge in [-0.2, -0.15) is 5.10 Å². The van der Waals surface area contributed by atoms with Gasteiger partial charge in [0.05, 0.1) is 18.2 Å². The first-order valence-corrected chi connectivity index (χ1v) is 9.68. The number of thiazole rings is 1. The first-order valence-electron chi connectivity index (χ1n) is 8.80. The number of furan rings is 1. The third kappa shape index (κ3) is 3.82. The maximum absolute atomic E-state index is 9.46. The van der Waals surface area contributed by atoms with Crippen molar-refractivity contribution in [2.75, 3.05) is 0 Å². The summed E-state index contributed by atoms with van der Waals surface area (Å²) in [6.07, 6.45) is 3.38. The van der Waals surface area contributed by atoms with E-state index < -0.39 is 0 Å². The quantitative estimate of drug-likeness (QED) is 0.485. The molecule has 2 heterocycles. The van der Waals surface area contributed by atoms with Crippen molar-refractivity contribution in [3.05, 3.63) is 87.7 Å². The van der Waals surface area contributed by atoms with Gasteiger partial charge in [-0.3, -0.25) is 0 Å². The van der Waals surface area contributed by atoms with Gasteiger partial charge in [0.2, 0.25) is 4.80 Å². The Labute approximate surface area is 166 Å². The van der Waals surface area contributed by atoms with Crippen LogP contribution in [0, 0.1) is 13.8 Å². The Kier molecular flexibility index (Phi) is 4.95. The molecule has 0 aliphatic rings. The molecule has 28 heavy (non-hydrogen) atoms. The van der Waals surface area contributed by atoms with E-state index >= 15 is 0 Å². The van der Waals surface area contributed by atoms with Crippen molar-refractivity contribution in [2.24, 2.45) is 10.1 Å². The number of nitrogens with zero attached hydrogens (tertiary/aromatic N) is 3. The van der Waals surface area contributed by atoms with Crippen molar-refractivity contribution in [2.45, 2.75) is 13.8 Å². The van der Waals surface area contributed by atoms with Crippen LogP contribution in [0.4, 0.5) is 5.69 Å². The minimum Gasteiger partial charge on any atom is -0.508 e. The molecule has 140 valence electrons. The Balaban J connectivity index is 1.84. The van der Waals surface area contributed by atoms with Crippen molar-refractivity contribution in [1.29, 1.82) is 0 Å². The molecule has 0 atom stereocenters. The summed E-state index contributed by atoms with van der Waals surface area (Å²) >= 11 is 1.50. The number of hydrogen-bond donors (Lipinski definition) is 1. The summed E-state index contributed by atoms with van der Waals surface area (Å²) in [5.74, 6) is 0.948. The standard InChI is InChI=1S/C22H19N3O2S/c1-15-5-6-16(2)19(12-15)24-22-25(20(14-28-22)21-4-3-11-27-21)23-13-17-7-9-18(26)10-8-17/h3-14,26H,1-2H3. The zero-order valence-corrected chi connectivity index (χ0v) is 16.4. The van der Waals surface area contributed by atoms with Gasteiger partial charge in [-0.25, -0.2) is 9.67 Å². The fourth-order valence-corrected chi connectivity index (χ4v) is 3.54. The summed E-state index contributed by atoms with van der Waals surface area (Å²) < 4.78 is 7.35. The van der Waals surface area contributed by atoms with Crippen LogP contribution in [0.3, 0.4) is 0 Å². The summed E-state index contributed by atoms with van der Waals surface area (Å²) in [7, 11) is 0. The molecule has 0 aliphatic carbocycles. The highest BCUT2D eigenvalue weighted by Crippen LogP contribution is 2.23. The fraction of sp³-hybridized carbons (Fsp3) is 0.0909. The highest BCUT2D eigenvalue weighted by atomic mass is 32.1. The van der Waals surface area contributed by atoms with E-state index in [2.05, 4.69) is 30.2 Å².